The summed E-state index contributed by atoms with van der Waals surface area (Å²) in [6, 6.07) is 8.25. The van der Waals surface area contributed by atoms with E-state index in [0.29, 0.717) is 17.5 Å². The quantitative estimate of drug-likeness (QED) is 0.862. The molecule has 0 aliphatic carbocycles. The van der Waals surface area contributed by atoms with Crippen LogP contribution in [-0.4, -0.2) is 29.0 Å². The van der Waals surface area contributed by atoms with Crippen LogP contribution in [0.4, 0.5) is 11.9 Å². The Bertz CT molecular complexity index is 571. The first-order chi connectivity index (χ1) is 9.06. The van der Waals surface area contributed by atoms with Crippen molar-refractivity contribution in [3.8, 4) is 0 Å². The molecule has 2 rings (SSSR count). The largest absolute Gasteiger partial charge is 0.368 e. The van der Waals surface area contributed by atoms with Crippen LogP contribution in [0.15, 0.2) is 29.2 Å². The van der Waals surface area contributed by atoms with Crippen LogP contribution in [0.1, 0.15) is 11.4 Å². The molecule has 2 aromatic rings. The highest BCUT2D eigenvalue weighted by molar-refractivity contribution is 7.98. The molecule has 1 aromatic heterocycles. The molecule has 100 valence electrons. The minimum absolute atomic E-state index is 0.263. The van der Waals surface area contributed by atoms with Gasteiger partial charge < -0.3 is 10.6 Å². The fourth-order valence-corrected chi connectivity index (χ4v) is 2.43. The Morgan fingerprint density at radius 3 is 2.58 bits per heavy atom. The average Bonchev–Trinajstić information content (AvgIpc) is 2.37. The van der Waals surface area contributed by atoms with Gasteiger partial charge in [-0.2, -0.15) is 15.0 Å². The van der Waals surface area contributed by atoms with Gasteiger partial charge in [0.15, 0.2) is 0 Å². The van der Waals surface area contributed by atoms with Crippen LogP contribution in [0.2, 0.25) is 0 Å². The zero-order valence-electron chi connectivity index (χ0n) is 11.3. The molecular weight excluding hydrogens is 258 g/mol. The Labute approximate surface area is 117 Å². The Balaban J connectivity index is 2.14. The number of aromatic nitrogens is 3. The van der Waals surface area contributed by atoms with E-state index in [4.69, 9.17) is 5.73 Å². The van der Waals surface area contributed by atoms with E-state index in [0.717, 1.165) is 0 Å². The zero-order valence-corrected chi connectivity index (χ0v) is 12.1. The maximum Gasteiger partial charge on any atom is 0.229 e. The van der Waals surface area contributed by atoms with Crippen molar-refractivity contribution >= 4 is 23.7 Å². The Kier molecular flexibility index (Phi) is 4.21. The first-order valence-electron chi connectivity index (χ1n) is 5.92. The predicted molar refractivity (Wildman–Crippen MR) is 79.3 cm³/mol. The minimum Gasteiger partial charge on any atom is -0.368 e. The zero-order chi connectivity index (χ0) is 13.8. The molecule has 6 heteroatoms. The number of hydrogen-bond acceptors (Lipinski definition) is 6. The molecule has 1 heterocycles. The predicted octanol–water partition coefficient (Wildman–Crippen LogP) is 2.12. The van der Waals surface area contributed by atoms with E-state index >= 15 is 0 Å². The van der Waals surface area contributed by atoms with Crippen LogP contribution < -0.4 is 10.6 Å². The second-order valence-electron chi connectivity index (χ2n) is 4.36. The maximum absolute atomic E-state index is 5.70. The van der Waals surface area contributed by atoms with Crippen LogP contribution in [0.3, 0.4) is 0 Å². The molecule has 0 amide bonds. The Hall–Kier alpha value is -1.82. The lowest BCUT2D eigenvalue weighted by Gasteiger charge is -2.11. The average molecular weight is 275 g/mol. The summed E-state index contributed by atoms with van der Waals surface area (Å²) in [4.78, 5) is 15.7. The van der Waals surface area contributed by atoms with E-state index in [1.165, 1.54) is 10.5 Å². The van der Waals surface area contributed by atoms with Gasteiger partial charge in [0, 0.05) is 19.0 Å². The standard InChI is InChI=1S/C13H17N5S/c1-9-6-4-5-7-10(9)19-8-11-15-12(14)17-13(16-11)18(2)3/h4-7H,8H2,1-3H3,(H2,14,15,16,17). The molecular formula is C13H17N5S. The second kappa shape index (κ2) is 5.88. The molecule has 0 aliphatic rings. The van der Waals surface area contributed by atoms with Gasteiger partial charge in [-0.25, -0.2) is 0 Å². The topological polar surface area (TPSA) is 67.9 Å². The van der Waals surface area contributed by atoms with E-state index in [-0.39, 0.29) is 5.95 Å². The molecule has 0 radical (unpaired) electrons. The van der Waals surface area contributed by atoms with Crippen molar-refractivity contribution in [1.82, 2.24) is 15.0 Å². The number of rotatable bonds is 4. The Morgan fingerprint density at radius 2 is 1.89 bits per heavy atom. The van der Waals surface area contributed by atoms with Gasteiger partial charge in [-0.05, 0) is 18.6 Å². The number of thioether (sulfide) groups is 1. The van der Waals surface area contributed by atoms with Crippen LogP contribution in [0, 0.1) is 6.92 Å². The number of aryl methyl sites for hydroxylation is 1. The number of hydrogen-bond donors (Lipinski definition) is 1. The molecule has 5 nitrogen and oxygen atoms in total. The number of anilines is 2. The second-order valence-corrected chi connectivity index (χ2v) is 5.38. The molecule has 0 fully saturated rings. The highest BCUT2D eigenvalue weighted by Crippen LogP contribution is 2.24. The SMILES string of the molecule is Cc1ccccc1SCc1nc(N)nc(N(C)C)n1. The van der Waals surface area contributed by atoms with Gasteiger partial charge in [0.25, 0.3) is 0 Å². The third kappa shape index (κ3) is 3.57. The van der Waals surface area contributed by atoms with Crippen LogP contribution in [0.25, 0.3) is 0 Å². The molecule has 1 aromatic carbocycles. The summed E-state index contributed by atoms with van der Waals surface area (Å²) in [6.07, 6.45) is 0. The molecule has 0 saturated heterocycles. The van der Waals surface area contributed by atoms with Crippen LogP contribution in [-0.2, 0) is 5.75 Å². The van der Waals surface area contributed by atoms with Gasteiger partial charge in [0.2, 0.25) is 11.9 Å². The summed E-state index contributed by atoms with van der Waals surface area (Å²) >= 11 is 1.70. The van der Waals surface area contributed by atoms with E-state index in [2.05, 4.69) is 34.0 Å². The lowest BCUT2D eigenvalue weighted by molar-refractivity contribution is 0.919. The fraction of sp³-hybridized carbons (Fsp3) is 0.308. The van der Waals surface area contributed by atoms with Gasteiger partial charge in [0.05, 0.1) is 5.75 Å². The smallest absolute Gasteiger partial charge is 0.229 e. The fourth-order valence-electron chi connectivity index (χ4n) is 1.55. The van der Waals surface area contributed by atoms with Gasteiger partial charge in [-0.3, -0.25) is 0 Å². The molecule has 0 atom stereocenters. The van der Waals surface area contributed by atoms with Crippen molar-refractivity contribution in [2.24, 2.45) is 0 Å². The molecule has 0 spiro atoms. The van der Waals surface area contributed by atoms with Crippen molar-refractivity contribution in [1.29, 1.82) is 0 Å². The highest BCUT2D eigenvalue weighted by atomic mass is 32.2. The van der Waals surface area contributed by atoms with Gasteiger partial charge in [-0.1, -0.05) is 18.2 Å². The van der Waals surface area contributed by atoms with Crippen molar-refractivity contribution in [3.63, 3.8) is 0 Å². The van der Waals surface area contributed by atoms with Gasteiger partial charge in [0.1, 0.15) is 5.82 Å². The summed E-state index contributed by atoms with van der Waals surface area (Å²) in [5.41, 5.74) is 6.95. The van der Waals surface area contributed by atoms with Gasteiger partial charge in [-0.15, -0.1) is 11.8 Å². The normalized spacial score (nSPS) is 10.5. The van der Waals surface area contributed by atoms with Crippen molar-refractivity contribution in [2.75, 3.05) is 24.7 Å². The van der Waals surface area contributed by atoms with Crippen molar-refractivity contribution in [3.05, 3.63) is 35.7 Å². The Morgan fingerprint density at radius 1 is 1.16 bits per heavy atom. The van der Waals surface area contributed by atoms with E-state index in [1.807, 2.05) is 31.1 Å². The lowest BCUT2D eigenvalue weighted by Crippen LogP contribution is -2.15. The maximum atomic E-state index is 5.70. The number of nitrogens with two attached hydrogens (primary N) is 1. The summed E-state index contributed by atoms with van der Waals surface area (Å²) in [5, 5.41) is 0. The summed E-state index contributed by atoms with van der Waals surface area (Å²) in [5.74, 6) is 2.23. The van der Waals surface area contributed by atoms with Crippen molar-refractivity contribution < 1.29 is 0 Å². The lowest BCUT2D eigenvalue weighted by atomic mass is 10.2. The molecule has 0 saturated carbocycles. The molecule has 2 N–H and O–H groups in total. The van der Waals surface area contributed by atoms with E-state index < -0.39 is 0 Å². The van der Waals surface area contributed by atoms with Crippen LogP contribution in [0.5, 0.6) is 0 Å². The first kappa shape index (κ1) is 13.6. The van der Waals surface area contributed by atoms with E-state index in [9.17, 15) is 0 Å². The monoisotopic (exact) mass is 275 g/mol. The highest BCUT2D eigenvalue weighted by Gasteiger charge is 2.07. The molecule has 0 unspecified atom stereocenters. The number of nitrogens with zero attached hydrogens (tertiary/aromatic N) is 4. The van der Waals surface area contributed by atoms with Gasteiger partial charge >= 0.3 is 0 Å². The number of benzene rings is 1. The third-order valence-corrected chi connectivity index (χ3v) is 3.71. The first-order valence-corrected chi connectivity index (χ1v) is 6.91. The summed E-state index contributed by atoms with van der Waals surface area (Å²) in [6.45, 7) is 2.09. The van der Waals surface area contributed by atoms with E-state index in [1.54, 1.807) is 11.8 Å². The number of nitrogen functional groups attached to an aromatic ring is 1. The molecule has 19 heavy (non-hydrogen) atoms. The van der Waals surface area contributed by atoms with Crippen LogP contribution >= 0.6 is 11.8 Å². The summed E-state index contributed by atoms with van der Waals surface area (Å²) < 4.78 is 0. The molecule has 0 bridgehead atoms. The minimum atomic E-state index is 0.263. The summed E-state index contributed by atoms with van der Waals surface area (Å²) in [7, 11) is 3.76. The van der Waals surface area contributed by atoms with Crippen molar-refractivity contribution in [2.45, 2.75) is 17.6 Å². The third-order valence-electron chi connectivity index (χ3n) is 2.54. The molecule has 0 aliphatic heterocycles.